The van der Waals surface area contributed by atoms with Crippen LogP contribution in [0.15, 0.2) is 78.9 Å². The van der Waals surface area contributed by atoms with Crippen molar-refractivity contribution in [1.82, 2.24) is 0 Å². The molecule has 0 fully saturated rings. The molecule has 3 aromatic rings. The Morgan fingerprint density at radius 2 is 1.48 bits per heavy atom. The third-order valence-corrected chi connectivity index (χ3v) is 4.82. The lowest BCUT2D eigenvalue weighted by atomic mass is 10.0. The van der Waals surface area contributed by atoms with Crippen molar-refractivity contribution in [3.63, 3.8) is 0 Å². The summed E-state index contributed by atoms with van der Waals surface area (Å²) in [6.07, 6.45) is 1.28. The predicted octanol–water partition coefficient (Wildman–Crippen LogP) is 5.69. The molecular formula is C22H19IO2. The Labute approximate surface area is 162 Å². The van der Waals surface area contributed by atoms with Gasteiger partial charge in [-0.1, -0.05) is 60.7 Å². The Morgan fingerprint density at radius 3 is 2.12 bits per heavy atom. The van der Waals surface area contributed by atoms with E-state index in [9.17, 15) is 4.79 Å². The van der Waals surface area contributed by atoms with Crippen LogP contribution in [0.4, 0.5) is 0 Å². The topological polar surface area (TPSA) is 26.3 Å². The van der Waals surface area contributed by atoms with E-state index in [1.54, 1.807) is 0 Å². The molecule has 0 N–H and O–H groups in total. The van der Waals surface area contributed by atoms with E-state index in [1.165, 1.54) is 5.56 Å². The minimum absolute atomic E-state index is 0.163. The smallest absolute Gasteiger partial charge is 0.163 e. The molecule has 0 atom stereocenters. The summed E-state index contributed by atoms with van der Waals surface area (Å²) in [7, 11) is 0. The molecule has 0 radical (unpaired) electrons. The summed E-state index contributed by atoms with van der Waals surface area (Å²) in [6, 6.07) is 25.8. The molecule has 2 nitrogen and oxygen atoms in total. The van der Waals surface area contributed by atoms with Crippen LogP contribution >= 0.6 is 22.6 Å². The monoisotopic (exact) mass is 442 g/mol. The number of halogens is 1. The summed E-state index contributed by atoms with van der Waals surface area (Å²) in [5.41, 5.74) is 3.06. The second kappa shape index (κ2) is 8.81. The maximum Gasteiger partial charge on any atom is 0.163 e. The van der Waals surface area contributed by atoms with Crippen LogP contribution in [0.5, 0.6) is 5.75 Å². The van der Waals surface area contributed by atoms with Crippen LogP contribution in [0.2, 0.25) is 0 Å². The summed E-state index contributed by atoms with van der Waals surface area (Å²) in [5, 5.41) is 0. The summed E-state index contributed by atoms with van der Waals surface area (Å²) < 4.78 is 6.83. The molecule has 126 valence electrons. The zero-order valence-electron chi connectivity index (χ0n) is 13.8. The molecule has 0 aliphatic heterocycles. The van der Waals surface area contributed by atoms with E-state index in [4.69, 9.17) is 4.74 Å². The van der Waals surface area contributed by atoms with Crippen LogP contribution in [-0.2, 0) is 13.0 Å². The first-order valence-electron chi connectivity index (χ1n) is 8.26. The van der Waals surface area contributed by atoms with Gasteiger partial charge in [0.1, 0.15) is 12.4 Å². The van der Waals surface area contributed by atoms with Crippen molar-refractivity contribution >= 4 is 28.4 Å². The first-order valence-corrected chi connectivity index (χ1v) is 9.33. The van der Waals surface area contributed by atoms with E-state index in [-0.39, 0.29) is 5.78 Å². The zero-order chi connectivity index (χ0) is 17.5. The Balaban J connectivity index is 1.60. The number of rotatable bonds is 7. The van der Waals surface area contributed by atoms with E-state index in [2.05, 4.69) is 34.7 Å². The molecule has 3 rings (SSSR count). The van der Waals surface area contributed by atoms with Crippen molar-refractivity contribution in [2.75, 3.05) is 0 Å². The van der Waals surface area contributed by atoms with Crippen molar-refractivity contribution in [3.8, 4) is 5.75 Å². The van der Waals surface area contributed by atoms with Gasteiger partial charge in [-0.25, -0.2) is 0 Å². The predicted molar refractivity (Wildman–Crippen MR) is 109 cm³/mol. The number of carbonyl (C=O) groups is 1. The number of ether oxygens (including phenoxy) is 1. The Hall–Kier alpha value is -2.14. The van der Waals surface area contributed by atoms with Crippen molar-refractivity contribution < 1.29 is 9.53 Å². The molecule has 0 aromatic heterocycles. The average Bonchev–Trinajstić information content (AvgIpc) is 2.66. The van der Waals surface area contributed by atoms with Gasteiger partial charge in [-0.05, 0) is 58.3 Å². The molecule has 0 amide bonds. The number of hydrogen-bond acceptors (Lipinski definition) is 2. The maximum atomic E-state index is 12.4. The second-order valence-electron chi connectivity index (χ2n) is 5.83. The highest BCUT2D eigenvalue weighted by atomic mass is 127. The number of carbonyl (C=O) groups excluding carboxylic acids is 1. The fourth-order valence-corrected chi connectivity index (χ4v) is 3.24. The maximum absolute atomic E-state index is 12.4. The normalized spacial score (nSPS) is 10.4. The quantitative estimate of drug-likeness (QED) is 0.347. The molecule has 0 heterocycles. The molecule has 3 aromatic carbocycles. The highest BCUT2D eigenvalue weighted by Crippen LogP contribution is 2.24. The highest BCUT2D eigenvalue weighted by Gasteiger charge is 2.10. The van der Waals surface area contributed by atoms with Gasteiger partial charge in [0.15, 0.2) is 5.78 Å². The number of aryl methyl sites for hydroxylation is 1. The molecule has 0 saturated heterocycles. The molecule has 0 aliphatic rings. The van der Waals surface area contributed by atoms with Crippen LogP contribution in [0.25, 0.3) is 0 Å². The minimum Gasteiger partial charge on any atom is -0.488 e. The Morgan fingerprint density at radius 1 is 0.840 bits per heavy atom. The van der Waals surface area contributed by atoms with E-state index in [0.29, 0.717) is 13.0 Å². The minimum atomic E-state index is 0.163. The van der Waals surface area contributed by atoms with Gasteiger partial charge in [0.25, 0.3) is 0 Å². The van der Waals surface area contributed by atoms with Gasteiger partial charge in [-0.2, -0.15) is 0 Å². The summed E-state index contributed by atoms with van der Waals surface area (Å²) in [6.45, 7) is 0.526. The fraction of sp³-hybridized carbons (Fsp3) is 0.136. The summed E-state index contributed by atoms with van der Waals surface area (Å²) in [4.78, 5) is 12.4. The third-order valence-electron chi connectivity index (χ3n) is 3.97. The molecule has 0 bridgehead atoms. The van der Waals surface area contributed by atoms with Crippen molar-refractivity contribution in [2.24, 2.45) is 0 Å². The van der Waals surface area contributed by atoms with Gasteiger partial charge in [-0.15, -0.1) is 0 Å². The van der Waals surface area contributed by atoms with Gasteiger partial charge in [0.2, 0.25) is 0 Å². The van der Waals surface area contributed by atoms with E-state index >= 15 is 0 Å². The molecule has 0 spiro atoms. The Kier molecular flexibility index (Phi) is 6.23. The van der Waals surface area contributed by atoms with Gasteiger partial charge < -0.3 is 4.74 Å². The molecule has 0 unspecified atom stereocenters. The molecule has 3 heteroatoms. The molecule has 0 saturated carbocycles. The van der Waals surface area contributed by atoms with E-state index in [0.717, 1.165) is 26.9 Å². The van der Waals surface area contributed by atoms with Gasteiger partial charge >= 0.3 is 0 Å². The lowest BCUT2D eigenvalue weighted by Crippen LogP contribution is -2.03. The number of ketones is 1. The van der Waals surface area contributed by atoms with Crippen LogP contribution in [0.3, 0.4) is 0 Å². The van der Waals surface area contributed by atoms with Crippen molar-refractivity contribution in [3.05, 3.63) is 99.1 Å². The van der Waals surface area contributed by atoms with E-state index in [1.807, 2.05) is 66.7 Å². The second-order valence-corrected chi connectivity index (χ2v) is 6.99. The van der Waals surface area contributed by atoms with Crippen LogP contribution in [0, 0.1) is 3.57 Å². The summed E-state index contributed by atoms with van der Waals surface area (Å²) >= 11 is 2.22. The molecular weight excluding hydrogens is 423 g/mol. The first kappa shape index (κ1) is 17.7. The molecule has 25 heavy (non-hydrogen) atoms. The number of Topliss-reactive ketones (excluding diaryl/α,β-unsaturated/α-hetero) is 1. The van der Waals surface area contributed by atoms with Crippen molar-refractivity contribution in [1.29, 1.82) is 0 Å². The highest BCUT2D eigenvalue weighted by molar-refractivity contribution is 14.1. The lowest BCUT2D eigenvalue weighted by molar-refractivity contribution is 0.0982. The van der Waals surface area contributed by atoms with Gasteiger partial charge in [-0.3, -0.25) is 4.79 Å². The lowest BCUT2D eigenvalue weighted by Gasteiger charge is -2.10. The first-order chi connectivity index (χ1) is 12.2. The SMILES string of the molecule is O=C(CCc1ccccc1)c1ccc(OCc2ccccc2)c(I)c1. The number of benzene rings is 3. The third kappa shape index (κ3) is 5.16. The van der Waals surface area contributed by atoms with Crippen molar-refractivity contribution in [2.45, 2.75) is 19.4 Å². The standard InChI is InChI=1S/C22H19IO2/c23-20-15-19(21(24)13-11-17-7-3-1-4-8-17)12-14-22(20)25-16-18-9-5-2-6-10-18/h1-10,12,14-15H,11,13,16H2. The average molecular weight is 442 g/mol. The van der Waals surface area contributed by atoms with Crippen LogP contribution in [0.1, 0.15) is 27.9 Å². The van der Waals surface area contributed by atoms with Crippen LogP contribution < -0.4 is 4.74 Å². The van der Waals surface area contributed by atoms with Gasteiger partial charge in [0, 0.05) is 12.0 Å². The number of hydrogen-bond donors (Lipinski definition) is 0. The van der Waals surface area contributed by atoms with Gasteiger partial charge in [0.05, 0.1) is 3.57 Å². The molecule has 0 aliphatic carbocycles. The summed E-state index contributed by atoms with van der Waals surface area (Å²) in [5.74, 6) is 0.973. The van der Waals surface area contributed by atoms with E-state index < -0.39 is 0 Å². The van der Waals surface area contributed by atoms with Crippen LogP contribution in [-0.4, -0.2) is 5.78 Å². The Bertz CT molecular complexity index is 829. The fourth-order valence-electron chi connectivity index (χ4n) is 2.57. The largest absolute Gasteiger partial charge is 0.488 e. The zero-order valence-corrected chi connectivity index (χ0v) is 16.0.